The van der Waals surface area contributed by atoms with Gasteiger partial charge in [0.15, 0.2) is 6.61 Å². The van der Waals surface area contributed by atoms with Gasteiger partial charge >= 0.3 is 0 Å². The fourth-order valence-corrected chi connectivity index (χ4v) is 4.60. The van der Waals surface area contributed by atoms with Gasteiger partial charge in [-0.05, 0) is 50.5 Å². The van der Waals surface area contributed by atoms with Crippen molar-refractivity contribution in [3.8, 4) is 5.75 Å². The Morgan fingerprint density at radius 2 is 1.96 bits per heavy atom. The number of ether oxygens (including phenoxy) is 2. The standard InChI is InChI=1S/C19H30N2O5S/c1-14-11-17(27(23,24)21-16-7-5-4-6-8-16)9-10-18(14)26-13-19(22)20-15(2)12-25-3/h9-11,15-16,21H,4-8,12-13H2,1-3H3,(H,20,22)/t15-/m0/s1. The molecule has 0 bridgehead atoms. The van der Waals surface area contributed by atoms with Crippen LogP contribution in [0.2, 0.25) is 0 Å². The second-order valence-corrected chi connectivity index (χ2v) is 8.81. The van der Waals surface area contributed by atoms with Crippen LogP contribution in [0.4, 0.5) is 0 Å². The highest BCUT2D eigenvalue weighted by Crippen LogP contribution is 2.24. The predicted molar refractivity (Wildman–Crippen MR) is 103 cm³/mol. The number of carbonyl (C=O) groups is 1. The molecule has 0 aromatic heterocycles. The number of methoxy groups -OCH3 is 1. The lowest BCUT2D eigenvalue weighted by molar-refractivity contribution is -0.124. The maximum atomic E-state index is 12.6. The third-order valence-electron chi connectivity index (χ3n) is 4.57. The highest BCUT2D eigenvalue weighted by atomic mass is 32.2. The van der Waals surface area contributed by atoms with Crippen LogP contribution in [0.3, 0.4) is 0 Å². The van der Waals surface area contributed by atoms with Crippen LogP contribution in [0, 0.1) is 6.92 Å². The lowest BCUT2D eigenvalue weighted by atomic mass is 9.96. The summed E-state index contributed by atoms with van der Waals surface area (Å²) in [5.74, 6) is 0.232. The maximum absolute atomic E-state index is 12.6. The molecule has 1 saturated carbocycles. The summed E-state index contributed by atoms with van der Waals surface area (Å²) in [5, 5.41) is 2.76. The van der Waals surface area contributed by atoms with Crippen molar-refractivity contribution in [1.29, 1.82) is 0 Å². The van der Waals surface area contributed by atoms with Crippen LogP contribution in [0.15, 0.2) is 23.1 Å². The van der Waals surface area contributed by atoms with Gasteiger partial charge in [0, 0.05) is 19.2 Å². The summed E-state index contributed by atoms with van der Waals surface area (Å²) >= 11 is 0. The fraction of sp³-hybridized carbons (Fsp3) is 0.632. The molecule has 0 saturated heterocycles. The van der Waals surface area contributed by atoms with Crippen molar-refractivity contribution < 1.29 is 22.7 Å². The van der Waals surface area contributed by atoms with E-state index in [1.807, 2.05) is 6.92 Å². The first-order valence-electron chi connectivity index (χ1n) is 9.36. The van der Waals surface area contributed by atoms with Crippen molar-refractivity contribution in [3.05, 3.63) is 23.8 Å². The van der Waals surface area contributed by atoms with Gasteiger partial charge in [0.25, 0.3) is 5.91 Å². The van der Waals surface area contributed by atoms with E-state index < -0.39 is 10.0 Å². The summed E-state index contributed by atoms with van der Waals surface area (Å²) in [6.45, 7) is 3.89. The molecule has 0 aliphatic heterocycles. The molecule has 0 spiro atoms. The van der Waals surface area contributed by atoms with Crippen LogP contribution in [-0.2, 0) is 19.6 Å². The Balaban J connectivity index is 1.95. The largest absolute Gasteiger partial charge is 0.484 e. The predicted octanol–water partition coefficient (Wildman–Crippen LogP) is 2.14. The van der Waals surface area contributed by atoms with Gasteiger partial charge in [-0.25, -0.2) is 13.1 Å². The molecule has 2 rings (SSSR count). The van der Waals surface area contributed by atoms with Gasteiger partial charge in [0.05, 0.1) is 11.5 Å². The third-order valence-corrected chi connectivity index (χ3v) is 6.08. The van der Waals surface area contributed by atoms with Crippen molar-refractivity contribution >= 4 is 15.9 Å². The van der Waals surface area contributed by atoms with E-state index in [1.54, 1.807) is 26.2 Å². The van der Waals surface area contributed by atoms with E-state index in [-0.39, 0.29) is 29.5 Å². The zero-order chi connectivity index (χ0) is 19.9. The van der Waals surface area contributed by atoms with E-state index in [0.717, 1.165) is 25.7 Å². The number of hydrogen-bond acceptors (Lipinski definition) is 5. The SMILES string of the molecule is COC[C@H](C)NC(=O)COc1ccc(S(=O)(=O)NC2CCCCC2)cc1C. The van der Waals surface area contributed by atoms with Gasteiger partial charge in [-0.3, -0.25) is 4.79 Å². The third kappa shape index (κ3) is 6.79. The van der Waals surface area contributed by atoms with E-state index in [2.05, 4.69) is 10.0 Å². The monoisotopic (exact) mass is 398 g/mol. The smallest absolute Gasteiger partial charge is 0.258 e. The summed E-state index contributed by atoms with van der Waals surface area (Å²) in [7, 11) is -1.98. The van der Waals surface area contributed by atoms with E-state index in [1.165, 1.54) is 12.5 Å². The number of nitrogens with one attached hydrogen (secondary N) is 2. The topological polar surface area (TPSA) is 93.7 Å². The molecule has 1 fully saturated rings. The highest BCUT2D eigenvalue weighted by molar-refractivity contribution is 7.89. The first kappa shape index (κ1) is 21.7. The first-order chi connectivity index (χ1) is 12.8. The van der Waals surface area contributed by atoms with Crippen LogP contribution in [0.1, 0.15) is 44.6 Å². The lowest BCUT2D eigenvalue weighted by Crippen LogP contribution is -2.38. The molecule has 27 heavy (non-hydrogen) atoms. The van der Waals surface area contributed by atoms with E-state index in [0.29, 0.717) is 17.9 Å². The molecule has 1 aliphatic carbocycles. The lowest BCUT2D eigenvalue weighted by Gasteiger charge is -2.22. The summed E-state index contributed by atoms with van der Waals surface area (Å²) in [6, 6.07) is 4.59. The molecule has 1 aromatic rings. The van der Waals surface area contributed by atoms with E-state index >= 15 is 0 Å². The van der Waals surface area contributed by atoms with Gasteiger partial charge in [-0.15, -0.1) is 0 Å². The van der Waals surface area contributed by atoms with Crippen molar-refractivity contribution in [2.45, 2.75) is 62.9 Å². The minimum Gasteiger partial charge on any atom is -0.484 e. The zero-order valence-corrected chi connectivity index (χ0v) is 17.1. The number of sulfonamides is 1. The van der Waals surface area contributed by atoms with Gasteiger partial charge in [0.2, 0.25) is 10.0 Å². The Morgan fingerprint density at radius 1 is 1.26 bits per heavy atom. The molecule has 8 heteroatoms. The molecule has 152 valence electrons. The van der Waals surface area contributed by atoms with Crippen molar-refractivity contribution in [2.75, 3.05) is 20.3 Å². The van der Waals surface area contributed by atoms with Gasteiger partial charge < -0.3 is 14.8 Å². The number of hydrogen-bond donors (Lipinski definition) is 2. The fourth-order valence-electron chi connectivity index (χ4n) is 3.21. The maximum Gasteiger partial charge on any atom is 0.258 e. The molecule has 0 radical (unpaired) electrons. The highest BCUT2D eigenvalue weighted by Gasteiger charge is 2.22. The van der Waals surface area contributed by atoms with Crippen LogP contribution in [-0.4, -0.2) is 46.7 Å². The molecule has 1 amide bonds. The molecule has 1 atom stereocenters. The molecule has 7 nitrogen and oxygen atoms in total. The van der Waals surface area contributed by atoms with Crippen molar-refractivity contribution in [1.82, 2.24) is 10.0 Å². The molecular formula is C19H30N2O5S. The molecule has 0 heterocycles. The molecule has 2 N–H and O–H groups in total. The minimum absolute atomic E-state index is 0.0118. The van der Waals surface area contributed by atoms with E-state index in [4.69, 9.17) is 9.47 Å². The summed E-state index contributed by atoms with van der Waals surface area (Å²) in [5.41, 5.74) is 0.666. The Kier molecular flexibility index (Phi) is 8.07. The van der Waals surface area contributed by atoms with Gasteiger partial charge in [-0.2, -0.15) is 0 Å². The van der Waals surface area contributed by atoms with Crippen LogP contribution in [0.5, 0.6) is 5.75 Å². The Bertz CT molecular complexity index is 730. The number of carbonyl (C=O) groups excluding carboxylic acids is 1. The summed E-state index contributed by atoms with van der Waals surface area (Å²) in [6.07, 6.45) is 5.06. The van der Waals surface area contributed by atoms with Gasteiger partial charge in [0.1, 0.15) is 5.75 Å². The number of amides is 1. The molecule has 0 unspecified atom stereocenters. The quantitative estimate of drug-likeness (QED) is 0.665. The number of aryl methyl sites for hydroxylation is 1. The van der Waals surface area contributed by atoms with Crippen LogP contribution in [0.25, 0.3) is 0 Å². The van der Waals surface area contributed by atoms with Crippen LogP contribution < -0.4 is 14.8 Å². The van der Waals surface area contributed by atoms with Gasteiger partial charge in [-0.1, -0.05) is 19.3 Å². The Hall–Kier alpha value is -1.64. The normalized spacial score (nSPS) is 16.7. The molecular weight excluding hydrogens is 368 g/mol. The Labute approximate surface area is 161 Å². The molecule has 1 aromatic carbocycles. The van der Waals surface area contributed by atoms with Crippen LogP contribution >= 0.6 is 0 Å². The summed E-state index contributed by atoms with van der Waals surface area (Å²) in [4.78, 5) is 12.1. The van der Waals surface area contributed by atoms with Crippen molar-refractivity contribution in [2.24, 2.45) is 0 Å². The zero-order valence-electron chi connectivity index (χ0n) is 16.3. The average molecular weight is 399 g/mol. The molecule has 1 aliphatic rings. The second kappa shape index (κ2) is 10.1. The minimum atomic E-state index is -3.55. The summed E-state index contributed by atoms with van der Waals surface area (Å²) < 4.78 is 38.5. The van der Waals surface area contributed by atoms with E-state index in [9.17, 15) is 13.2 Å². The average Bonchev–Trinajstić information content (AvgIpc) is 2.61. The Morgan fingerprint density at radius 3 is 2.59 bits per heavy atom. The number of rotatable bonds is 9. The number of benzene rings is 1. The van der Waals surface area contributed by atoms with Crippen molar-refractivity contribution in [3.63, 3.8) is 0 Å². The second-order valence-electron chi connectivity index (χ2n) is 7.10. The first-order valence-corrected chi connectivity index (χ1v) is 10.8.